The van der Waals surface area contributed by atoms with Crippen molar-refractivity contribution in [3.63, 3.8) is 0 Å². The van der Waals surface area contributed by atoms with Crippen molar-refractivity contribution in [1.82, 2.24) is 0 Å². The van der Waals surface area contributed by atoms with E-state index in [1.54, 1.807) is 0 Å². The first kappa shape index (κ1) is 13.6. The van der Waals surface area contributed by atoms with Gasteiger partial charge in [0, 0.05) is 6.42 Å². The van der Waals surface area contributed by atoms with Crippen molar-refractivity contribution in [2.45, 2.75) is 58.0 Å². The zero-order valence-corrected chi connectivity index (χ0v) is 11.7. The maximum Gasteiger partial charge on any atom is 0.0690 e. The Bertz CT molecular complexity index is 357. The summed E-state index contributed by atoms with van der Waals surface area (Å²) in [4.78, 5) is 0. The smallest absolute Gasteiger partial charge is 0.0690 e. The molecule has 0 bridgehead atoms. The van der Waals surface area contributed by atoms with Crippen LogP contribution in [0.2, 0.25) is 0 Å². The first-order valence-electron chi connectivity index (χ1n) is 7.34. The second-order valence-electron chi connectivity index (χ2n) is 6.48. The third kappa shape index (κ3) is 3.84. The summed E-state index contributed by atoms with van der Waals surface area (Å²) in [6.45, 7) is 4.57. The average molecular weight is 246 g/mol. The van der Waals surface area contributed by atoms with E-state index in [1.165, 1.54) is 24.8 Å². The average Bonchev–Trinajstić information content (AvgIpc) is 2.28. The minimum atomic E-state index is -0.459. The van der Waals surface area contributed by atoms with Gasteiger partial charge in [-0.05, 0) is 36.7 Å². The van der Waals surface area contributed by atoms with Gasteiger partial charge in [0.2, 0.25) is 0 Å². The summed E-state index contributed by atoms with van der Waals surface area (Å²) in [7, 11) is 0. The predicted molar refractivity (Wildman–Crippen MR) is 76.5 cm³/mol. The van der Waals surface area contributed by atoms with Crippen LogP contribution in [-0.4, -0.2) is 10.7 Å². The standard InChI is InChI=1S/C17H26O/c1-14(2)11-16-9-6-10-17(18,13-16)12-15-7-4-3-5-8-15/h3-5,7-8,14,16,18H,6,9-13H2,1-2H3. The molecule has 1 fully saturated rings. The van der Waals surface area contributed by atoms with E-state index >= 15 is 0 Å². The molecule has 0 saturated heterocycles. The Morgan fingerprint density at radius 1 is 1.28 bits per heavy atom. The van der Waals surface area contributed by atoms with Crippen LogP contribution in [0.5, 0.6) is 0 Å². The largest absolute Gasteiger partial charge is 0.390 e. The molecule has 0 heterocycles. The lowest BCUT2D eigenvalue weighted by molar-refractivity contribution is -0.0189. The van der Waals surface area contributed by atoms with Crippen molar-refractivity contribution in [2.24, 2.45) is 11.8 Å². The van der Waals surface area contributed by atoms with Crippen molar-refractivity contribution < 1.29 is 5.11 Å². The van der Waals surface area contributed by atoms with Gasteiger partial charge in [-0.2, -0.15) is 0 Å². The zero-order valence-electron chi connectivity index (χ0n) is 11.7. The quantitative estimate of drug-likeness (QED) is 0.844. The van der Waals surface area contributed by atoms with E-state index in [0.29, 0.717) is 5.92 Å². The number of hydrogen-bond acceptors (Lipinski definition) is 1. The maximum absolute atomic E-state index is 10.8. The van der Waals surface area contributed by atoms with Crippen LogP contribution in [0.15, 0.2) is 30.3 Å². The molecule has 1 heteroatoms. The van der Waals surface area contributed by atoms with Crippen molar-refractivity contribution in [3.8, 4) is 0 Å². The molecule has 0 radical (unpaired) electrons. The molecule has 2 unspecified atom stereocenters. The molecule has 0 aromatic heterocycles. The summed E-state index contributed by atoms with van der Waals surface area (Å²) in [5.41, 5.74) is 0.810. The highest BCUT2D eigenvalue weighted by molar-refractivity contribution is 5.17. The van der Waals surface area contributed by atoms with E-state index in [4.69, 9.17) is 0 Å². The van der Waals surface area contributed by atoms with Gasteiger partial charge < -0.3 is 5.11 Å². The molecule has 1 N–H and O–H groups in total. The SMILES string of the molecule is CC(C)CC1CCCC(O)(Cc2ccccc2)C1. The molecule has 1 aliphatic carbocycles. The number of aliphatic hydroxyl groups is 1. The summed E-state index contributed by atoms with van der Waals surface area (Å²) in [5.74, 6) is 1.46. The van der Waals surface area contributed by atoms with Crippen LogP contribution in [0.1, 0.15) is 51.5 Å². The van der Waals surface area contributed by atoms with Crippen molar-refractivity contribution in [1.29, 1.82) is 0 Å². The summed E-state index contributed by atoms with van der Waals surface area (Å²) in [5, 5.41) is 10.8. The van der Waals surface area contributed by atoms with Gasteiger partial charge in [-0.15, -0.1) is 0 Å². The molecule has 0 amide bonds. The Morgan fingerprint density at radius 2 is 2.00 bits per heavy atom. The second kappa shape index (κ2) is 5.88. The van der Waals surface area contributed by atoms with E-state index < -0.39 is 5.60 Å². The summed E-state index contributed by atoms with van der Waals surface area (Å²) < 4.78 is 0. The Hall–Kier alpha value is -0.820. The first-order valence-corrected chi connectivity index (χ1v) is 7.34. The summed E-state index contributed by atoms with van der Waals surface area (Å²) >= 11 is 0. The fourth-order valence-corrected chi connectivity index (χ4v) is 3.47. The van der Waals surface area contributed by atoms with Gasteiger partial charge in [-0.25, -0.2) is 0 Å². The number of benzene rings is 1. The molecular weight excluding hydrogens is 220 g/mol. The van der Waals surface area contributed by atoms with E-state index in [-0.39, 0.29) is 0 Å². The Balaban J connectivity index is 1.97. The van der Waals surface area contributed by atoms with Crippen LogP contribution in [0, 0.1) is 11.8 Å². The van der Waals surface area contributed by atoms with Crippen LogP contribution in [0.3, 0.4) is 0 Å². The van der Waals surface area contributed by atoms with Gasteiger partial charge in [0.15, 0.2) is 0 Å². The normalized spacial score (nSPS) is 28.6. The van der Waals surface area contributed by atoms with Crippen molar-refractivity contribution >= 4 is 0 Å². The summed E-state index contributed by atoms with van der Waals surface area (Å²) in [6.07, 6.45) is 6.52. The molecule has 0 spiro atoms. The Labute approximate surface area is 111 Å². The van der Waals surface area contributed by atoms with Gasteiger partial charge in [-0.3, -0.25) is 0 Å². The Kier molecular flexibility index (Phi) is 4.45. The van der Waals surface area contributed by atoms with Gasteiger partial charge in [0.25, 0.3) is 0 Å². The highest BCUT2D eigenvalue weighted by atomic mass is 16.3. The zero-order chi connectivity index (χ0) is 13.0. The van der Waals surface area contributed by atoms with Gasteiger partial charge in [0.1, 0.15) is 0 Å². The Morgan fingerprint density at radius 3 is 2.67 bits per heavy atom. The lowest BCUT2D eigenvalue weighted by Gasteiger charge is -2.37. The lowest BCUT2D eigenvalue weighted by atomic mass is 9.73. The molecule has 2 rings (SSSR count). The lowest BCUT2D eigenvalue weighted by Crippen LogP contribution is -2.37. The van der Waals surface area contributed by atoms with E-state index in [9.17, 15) is 5.11 Å². The number of hydrogen-bond donors (Lipinski definition) is 1. The molecule has 2 atom stereocenters. The van der Waals surface area contributed by atoms with Crippen LogP contribution in [0.4, 0.5) is 0 Å². The van der Waals surface area contributed by atoms with Gasteiger partial charge in [0.05, 0.1) is 5.60 Å². The minimum Gasteiger partial charge on any atom is -0.390 e. The maximum atomic E-state index is 10.8. The van der Waals surface area contributed by atoms with E-state index in [1.807, 2.05) is 6.07 Å². The first-order chi connectivity index (χ1) is 8.57. The second-order valence-corrected chi connectivity index (χ2v) is 6.48. The number of rotatable bonds is 4. The monoisotopic (exact) mass is 246 g/mol. The van der Waals surface area contributed by atoms with Gasteiger partial charge >= 0.3 is 0 Å². The fourth-order valence-electron chi connectivity index (χ4n) is 3.47. The molecule has 0 aliphatic heterocycles. The van der Waals surface area contributed by atoms with E-state index in [0.717, 1.165) is 25.2 Å². The predicted octanol–water partition coefficient (Wildman–Crippen LogP) is 4.20. The molecule has 1 aliphatic rings. The van der Waals surface area contributed by atoms with Crippen LogP contribution in [-0.2, 0) is 6.42 Å². The highest BCUT2D eigenvalue weighted by Crippen LogP contribution is 2.37. The third-order valence-electron chi connectivity index (χ3n) is 4.10. The van der Waals surface area contributed by atoms with Gasteiger partial charge in [-0.1, -0.05) is 57.0 Å². The molecular formula is C17H26O. The topological polar surface area (TPSA) is 20.2 Å². The fraction of sp³-hybridized carbons (Fsp3) is 0.647. The third-order valence-corrected chi connectivity index (χ3v) is 4.10. The minimum absolute atomic E-state index is 0.459. The molecule has 1 saturated carbocycles. The van der Waals surface area contributed by atoms with Crippen LogP contribution >= 0.6 is 0 Å². The van der Waals surface area contributed by atoms with E-state index in [2.05, 4.69) is 38.1 Å². The molecule has 18 heavy (non-hydrogen) atoms. The molecule has 1 nitrogen and oxygen atoms in total. The van der Waals surface area contributed by atoms with Crippen LogP contribution < -0.4 is 0 Å². The van der Waals surface area contributed by atoms with Crippen LogP contribution in [0.25, 0.3) is 0 Å². The molecule has 100 valence electrons. The summed E-state index contributed by atoms with van der Waals surface area (Å²) in [6, 6.07) is 10.4. The molecule has 1 aromatic carbocycles. The van der Waals surface area contributed by atoms with Crippen molar-refractivity contribution in [2.75, 3.05) is 0 Å². The van der Waals surface area contributed by atoms with Crippen molar-refractivity contribution in [3.05, 3.63) is 35.9 Å². The molecule has 1 aromatic rings. The highest BCUT2D eigenvalue weighted by Gasteiger charge is 2.34.